The Labute approximate surface area is 249 Å². The molecule has 2 saturated heterocycles. The Morgan fingerprint density at radius 3 is 2.48 bits per heavy atom. The van der Waals surface area contributed by atoms with E-state index in [0.29, 0.717) is 58.5 Å². The highest BCUT2D eigenvalue weighted by atomic mass is 16.5. The number of piperidine rings is 1. The quantitative estimate of drug-likeness (QED) is 0.472. The number of ether oxygens (including phenoxy) is 1. The molecule has 224 valence electrons. The summed E-state index contributed by atoms with van der Waals surface area (Å²) in [4.78, 5) is 42.7. The van der Waals surface area contributed by atoms with Crippen LogP contribution >= 0.6 is 0 Å². The molecular formula is C34H44N4O4. The molecule has 2 aromatic carbocycles. The summed E-state index contributed by atoms with van der Waals surface area (Å²) in [5, 5.41) is 9.57. The van der Waals surface area contributed by atoms with E-state index >= 15 is 0 Å². The van der Waals surface area contributed by atoms with E-state index in [1.165, 1.54) is 0 Å². The molecule has 1 spiro atoms. The van der Waals surface area contributed by atoms with E-state index in [-0.39, 0.29) is 29.7 Å². The van der Waals surface area contributed by atoms with Crippen molar-refractivity contribution in [3.05, 3.63) is 77.4 Å². The molecule has 0 radical (unpaired) electrons. The largest absolute Gasteiger partial charge is 0.381 e. The third-order valence-corrected chi connectivity index (χ3v) is 9.21. The molecule has 3 heterocycles. The Bertz CT molecular complexity index is 1270. The molecule has 42 heavy (non-hydrogen) atoms. The van der Waals surface area contributed by atoms with Crippen molar-refractivity contribution in [3.8, 4) is 0 Å². The number of hydrogen-bond donors (Lipinski definition) is 3. The minimum absolute atomic E-state index is 0.0225. The molecule has 0 unspecified atom stereocenters. The number of anilines is 1. The van der Waals surface area contributed by atoms with Crippen LogP contribution in [0.5, 0.6) is 0 Å². The highest BCUT2D eigenvalue weighted by Crippen LogP contribution is 2.36. The average molecular weight is 573 g/mol. The van der Waals surface area contributed by atoms with Crippen molar-refractivity contribution in [2.75, 3.05) is 38.2 Å². The molecule has 3 amide bonds. The van der Waals surface area contributed by atoms with Crippen LogP contribution in [0.25, 0.3) is 0 Å². The lowest BCUT2D eigenvalue weighted by atomic mass is 9.75. The molecule has 8 heteroatoms. The Morgan fingerprint density at radius 1 is 1.00 bits per heavy atom. The van der Waals surface area contributed by atoms with Gasteiger partial charge >= 0.3 is 0 Å². The molecule has 8 nitrogen and oxygen atoms in total. The molecule has 3 aliphatic heterocycles. The summed E-state index contributed by atoms with van der Waals surface area (Å²) in [5.74, 6) is -0.0701. The van der Waals surface area contributed by atoms with Crippen LogP contribution in [0.2, 0.25) is 0 Å². The molecular weight excluding hydrogens is 528 g/mol. The number of rotatable bonds is 5. The van der Waals surface area contributed by atoms with Crippen LogP contribution in [0, 0.1) is 25.2 Å². The van der Waals surface area contributed by atoms with Gasteiger partial charge in [-0.2, -0.15) is 0 Å². The molecule has 3 N–H and O–H groups in total. The third kappa shape index (κ3) is 7.28. The van der Waals surface area contributed by atoms with Gasteiger partial charge in [0.15, 0.2) is 0 Å². The second-order valence-corrected chi connectivity index (χ2v) is 12.2. The lowest BCUT2D eigenvalue weighted by Crippen LogP contribution is -2.58. The molecule has 3 atom stereocenters. The number of benzene rings is 2. The number of nitrogens with one attached hydrogen (secondary N) is 3. The zero-order valence-corrected chi connectivity index (χ0v) is 24.9. The summed E-state index contributed by atoms with van der Waals surface area (Å²) in [6.45, 7) is 6.83. The van der Waals surface area contributed by atoms with Crippen LogP contribution in [0.15, 0.2) is 60.7 Å². The number of likely N-dealkylation sites (tertiary alicyclic amines) is 1. The van der Waals surface area contributed by atoms with Crippen LogP contribution in [0.1, 0.15) is 48.8 Å². The highest BCUT2D eigenvalue weighted by Gasteiger charge is 2.41. The van der Waals surface area contributed by atoms with E-state index < -0.39 is 11.5 Å². The molecule has 0 bridgehead atoms. The smallest absolute Gasteiger partial charge is 0.243 e. The fourth-order valence-corrected chi connectivity index (χ4v) is 6.59. The van der Waals surface area contributed by atoms with E-state index in [9.17, 15) is 14.4 Å². The van der Waals surface area contributed by atoms with Crippen molar-refractivity contribution in [3.63, 3.8) is 0 Å². The Balaban J connectivity index is 1.32. The fraction of sp³-hybridized carbons (Fsp3) is 0.500. The first-order chi connectivity index (χ1) is 20.3. The lowest BCUT2D eigenvalue weighted by molar-refractivity contribution is -0.140. The first-order valence-electron chi connectivity index (χ1n) is 15.3. The number of allylic oxidation sites excluding steroid dienone is 2. The number of carbonyl (C=O) groups excluding carboxylic acids is 3. The van der Waals surface area contributed by atoms with Gasteiger partial charge in [-0.1, -0.05) is 60.7 Å². The van der Waals surface area contributed by atoms with Crippen LogP contribution in [-0.2, 0) is 25.5 Å². The summed E-state index contributed by atoms with van der Waals surface area (Å²) in [6, 6.07) is 15.2. The molecule has 3 aliphatic rings. The number of aryl methyl sites for hydroxylation is 2. The maximum Gasteiger partial charge on any atom is 0.243 e. The standard InChI is InChI=1S/C34H44N4O4/c1-24-9-8-10-25(2)31(24)37-30(39)23-38-18-14-28-27(22-38)13-6-7-15-34(16-19-42-20-17-34)33(41)36-29(32(40)35-28)21-26-11-4-3-5-12-26/h3-12,27-29H,13-23H2,1-2H3,(H,35,40)(H,36,41)(H,37,39)/t27-,28-,29-/m0/s1. The maximum atomic E-state index is 13.8. The third-order valence-electron chi connectivity index (χ3n) is 9.21. The number of amides is 3. The minimum Gasteiger partial charge on any atom is -0.381 e. The van der Waals surface area contributed by atoms with Crippen molar-refractivity contribution in [1.29, 1.82) is 0 Å². The van der Waals surface area contributed by atoms with E-state index in [0.717, 1.165) is 35.2 Å². The number of fused-ring (bicyclic) bond motifs is 1. The van der Waals surface area contributed by atoms with Gasteiger partial charge in [-0.05, 0) is 68.6 Å². The van der Waals surface area contributed by atoms with Crippen molar-refractivity contribution >= 4 is 23.4 Å². The zero-order valence-electron chi connectivity index (χ0n) is 24.9. The van der Waals surface area contributed by atoms with Crippen LogP contribution in [0.3, 0.4) is 0 Å². The lowest BCUT2D eigenvalue weighted by Gasteiger charge is -2.40. The SMILES string of the molecule is Cc1cccc(C)c1NC(=O)CN1CC[C@@H]2NC(=O)[C@H](Cc3ccccc3)NC(=O)C3(CC=CC[C@H]2C1)CCOCC3. The van der Waals surface area contributed by atoms with Gasteiger partial charge in [0.25, 0.3) is 0 Å². The molecule has 2 fully saturated rings. The highest BCUT2D eigenvalue weighted by molar-refractivity contribution is 5.94. The van der Waals surface area contributed by atoms with Gasteiger partial charge < -0.3 is 20.7 Å². The van der Waals surface area contributed by atoms with Gasteiger partial charge in [-0.25, -0.2) is 0 Å². The van der Waals surface area contributed by atoms with E-state index in [2.05, 4.69) is 33.0 Å². The van der Waals surface area contributed by atoms with Gasteiger partial charge in [-0.15, -0.1) is 0 Å². The fourth-order valence-electron chi connectivity index (χ4n) is 6.59. The van der Waals surface area contributed by atoms with Gasteiger partial charge in [-0.3, -0.25) is 19.3 Å². The summed E-state index contributed by atoms with van der Waals surface area (Å²) in [5.41, 5.74) is 3.41. The second kappa shape index (κ2) is 13.7. The van der Waals surface area contributed by atoms with Crippen LogP contribution in [-0.4, -0.2) is 67.6 Å². The summed E-state index contributed by atoms with van der Waals surface area (Å²) < 4.78 is 5.60. The second-order valence-electron chi connectivity index (χ2n) is 12.2. The Kier molecular flexibility index (Phi) is 9.75. The average Bonchev–Trinajstić information content (AvgIpc) is 2.98. The minimum atomic E-state index is -0.662. The van der Waals surface area contributed by atoms with Gasteiger partial charge in [0, 0.05) is 44.5 Å². The zero-order chi connectivity index (χ0) is 29.5. The van der Waals surface area contributed by atoms with Crippen molar-refractivity contribution in [2.45, 2.75) is 64.5 Å². The normalized spacial score (nSPS) is 25.0. The van der Waals surface area contributed by atoms with Crippen molar-refractivity contribution in [2.24, 2.45) is 11.3 Å². The van der Waals surface area contributed by atoms with Crippen molar-refractivity contribution in [1.82, 2.24) is 15.5 Å². The summed E-state index contributed by atoms with van der Waals surface area (Å²) >= 11 is 0. The number of hydrogen-bond acceptors (Lipinski definition) is 5. The molecule has 0 saturated carbocycles. The van der Waals surface area contributed by atoms with Gasteiger partial charge in [0.1, 0.15) is 6.04 Å². The summed E-state index contributed by atoms with van der Waals surface area (Å²) in [7, 11) is 0. The van der Waals surface area contributed by atoms with E-state index in [1.54, 1.807) is 0 Å². The van der Waals surface area contributed by atoms with Crippen LogP contribution in [0.4, 0.5) is 5.69 Å². The maximum absolute atomic E-state index is 13.8. The van der Waals surface area contributed by atoms with Crippen LogP contribution < -0.4 is 16.0 Å². The number of para-hydroxylation sites is 1. The van der Waals surface area contributed by atoms with Gasteiger partial charge in [0.2, 0.25) is 17.7 Å². The van der Waals surface area contributed by atoms with E-state index in [1.807, 2.05) is 62.4 Å². The predicted molar refractivity (Wildman–Crippen MR) is 164 cm³/mol. The molecule has 0 aliphatic carbocycles. The monoisotopic (exact) mass is 572 g/mol. The van der Waals surface area contributed by atoms with E-state index in [4.69, 9.17) is 4.74 Å². The molecule has 2 aromatic rings. The topological polar surface area (TPSA) is 99.8 Å². The van der Waals surface area contributed by atoms with Gasteiger partial charge in [0.05, 0.1) is 12.0 Å². The first-order valence-corrected chi connectivity index (χ1v) is 15.3. The number of carbonyl (C=O) groups is 3. The number of nitrogens with zero attached hydrogens (tertiary/aromatic N) is 1. The van der Waals surface area contributed by atoms with Crippen molar-refractivity contribution < 1.29 is 19.1 Å². The predicted octanol–water partition coefficient (Wildman–Crippen LogP) is 3.92. The summed E-state index contributed by atoms with van der Waals surface area (Å²) in [6.07, 6.45) is 8.16. The molecule has 5 rings (SSSR count). The Hall–Kier alpha value is -3.49. The Morgan fingerprint density at radius 2 is 1.74 bits per heavy atom. The molecule has 0 aromatic heterocycles. The first kappa shape index (κ1) is 30.0.